The van der Waals surface area contributed by atoms with Crippen LogP contribution in [0.2, 0.25) is 0 Å². The van der Waals surface area contributed by atoms with E-state index in [-0.39, 0.29) is 17.9 Å². The van der Waals surface area contributed by atoms with Crippen molar-refractivity contribution in [3.8, 4) is 17.1 Å². The second kappa shape index (κ2) is 8.25. The van der Waals surface area contributed by atoms with Crippen LogP contribution in [-0.2, 0) is 11.2 Å². The second-order valence-electron chi connectivity index (χ2n) is 7.07. The largest absolute Gasteiger partial charge is 0.497 e. The van der Waals surface area contributed by atoms with Crippen molar-refractivity contribution in [2.24, 2.45) is 5.92 Å². The number of carbonyl (C=O) groups excluding carboxylic acids is 1. The first-order chi connectivity index (χ1) is 13.7. The van der Waals surface area contributed by atoms with Gasteiger partial charge in [-0.1, -0.05) is 54.0 Å². The summed E-state index contributed by atoms with van der Waals surface area (Å²) in [6, 6.07) is 17.1. The van der Waals surface area contributed by atoms with E-state index in [4.69, 9.17) is 9.26 Å². The van der Waals surface area contributed by atoms with E-state index in [1.807, 2.05) is 54.6 Å². The first-order valence-corrected chi connectivity index (χ1v) is 9.55. The van der Waals surface area contributed by atoms with Crippen LogP contribution in [-0.4, -0.2) is 23.2 Å². The van der Waals surface area contributed by atoms with Gasteiger partial charge in [0, 0.05) is 17.9 Å². The Labute approximate surface area is 163 Å². The highest BCUT2D eigenvalue weighted by Crippen LogP contribution is 2.29. The van der Waals surface area contributed by atoms with Crippen LogP contribution in [0.3, 0.4) is 0 Å². The van der Waals surface area contributed by atoms with Crippen molar-refractivity contribution in [2.75, 3.05) is 7.11 Å². The average Bonchev–Trinajstić information content (AvgIpc) is 3.17. The van der Waals surface area contributed by atoms with E-state index < -0.39 is 0 Å². The van der Waals surface area contributed by atoms with Crippen molar-refractivity contribution in [1.82, 2.24) is 15.5 Å². The molecule has 1 aliphatic rings. The van der Waals surface area contributed by atoms with E-state index in [2.05, 4.69) is 15.5 Å². The lowest BCUT2D eigenvalue weighted by atomic mass is 9.84. The van der Waals surface area contributed by atoms with E-state index >= 15 is 0 Å². The summed E-state index contributed by atoms with van der Waals surface area (Å²) >= 11 is 0. The van der Waals surface area contributed by atoms with Crippen LogP contribution < -0.4 is 10.1 Å². The molecule has 144 valence electrons. The summed E-state index contributed by atoms with van der Waals surface area (Å²) < 4.78 is 10.8. The van der Waals surface area contributed by atoms with Crippen LogP contribution in [0.25, 0.3) is 11.4 Å². The molecule has 0 bridgehead atoms. The molecule has 1 fully saturated rings. The van der Waals surface area contributed by atoms with Gasteiger partial charge in [-0.05, 0) is 30.5 Å². The molecule has 4 rings (SSSR count). The Balaban J connectivity index is 1.58. The zero-order valence-corrected chi connectivity index (χ0v) is 15.8. The van der Waals surface area contributed by atoms with Gasteiger partial charge in [-0.2, -0.15) is 4.98 Å². The molecular formula is C22H23N3O3. The smallest absolute Gasteiger partial charge is 0.249 e. The number of ether oxygens (including phenoxy) is 1. The standard InChI is InChI=1S/C22H23N3O3/c1-27-18-12-6-11-17(14-18)20-24-22(28-25-20)19(13-15-7-3-2-4-8-15)23-21(26)16-9-5-10-16/h2-4,6-8,11-12,14,16,19H,5,9-10,13H2,1H3,(H,23,26)/t19-/m0/s1. The summed E-state index contributed by atoms with van der Waals surface area (Å²) in [5, 5.41) is 7.23. The summed E-state index contributed by atoms with van der Waals surface area (Å²) in [5.74, 6) is 1.77. The average molecular weight is 377 g/mol. The van der Waals surface area contributed by atoms with Gasteiger partial charge in [0.25, 0.3) is 0 Å². The predicted molar refractivity (Wildman–Crippen MR) is 105 cm³/mol. The number of benzene rings is 2. The fourth-order valence-electron chi connectivity index (χ4n) is 3.27. The molecule has 1 amide bonds. The normalized spacial score (nSPS) is 14.9. The molecule has 1 aromatic heterocycles. The molecule has 3 aromatic rings. The van der Waals surface area contributed by atoms with Gasteiger partial charge in [0.05, 0.1) is 7.11 Å². The van der Waals surface area contributed by atoms with Gasteiger partial charge < -0.3 is 14.6 Å². The third-order valence-corrected chi connectivity index (χ3v) is 5.14. The minimum atomic E-state index is -0.359. The van der Waals surface area contributed by atoms with Crippen LogP contribution in [0.5, 0.6) is 5.75 Å². The van der Waals surface area contributed by atoms with Crippen LogP contribution in [0.4, 0.5) is 0 Å². The number of rotatable bonds is 7. The summed E-state index contributed by atoms with van der Waals surface area (Å²) in [4.78, 5) is 17.1. The van der Waals surface area contributed by atoms with Crippen molar-refractivity contribution >= 4 is 5.91 Å². The Morgan fingerprint density at radius 1 is 1.21 bits per heavy atom. The minimum Gasteiger partial charge on any atom is -0.497 e. The molecule has 0 saturated heterocycles. The lowest BCUT2D eigenvalue weighted by Gasteiger charge is -2.26. The number of nitrogens with one attached hydrogen (secondary N) is 1. The highest BCUT2D eigenvalue weighted by atomic mass is 16.5. The molecule has 28 heavy (non-hydrogen) atoms. The Morgan fingerprint density at radius 3 is 2.75 bits per heavy atom. The van der Waals surface area contributed by atoms with Crippen molar-refractivity contribution in [3.05, 3.63) is 66.1 Å². The number of hydrogen-bond donors (Lipinski definition) is 1. The Morgan fingerprint density at radius 2 is 2.04 bits per heavy atom. The molecular weight excluding hydrogens is 354 g/mol. The van der Waals surface area contributed by atoms with Gasteiger partial charge in [0.2, 0.25) is 17.6 Å². The Kier molecular flexibility index (Phi) is 5.37. The van der Waals surface area contributed by atoms with Gasteiger partial charge in [-0.3, -0.25) is 4.79 Å². The van der Waals surface area contributed by atoms with Gasteiger partial charge in [0.15, 0.2) is 0 Å². The maximum atomic E-state index is 12.5. The number of carbonyl (C=O) groups is 1. The Bertz CT molecular complexity index is 935. The second-order valence-corrected chi connectivity index (χ2v) is 7.07. The first kappa shape index (κ1) is 18.2. The fourth-order valence-corrected chi connectivity index (χ4v) is 3.27. The van der Waals surface area contributed by atoms with E-state index in [0.29, 0.717) is 18.1 Å². The highest BCUT2D eigenvalue weighted by Gasteiger charge is 2.29. The molecule has 0 spiro atoms. The maximum absolute atomic E-state index is 12.5. The third kappa shape index (κ3) is 4.06. The molecule has 6 nitrogen and oxygen atoms in total. The molecule has 1 aliphatic carbocycles. The lowest BCUT2D eigenvalue weighted by molar-refractivity contribution is -0.128. The zero-order chi connectivity index (χ0) is 19.3. The van der Waals surface area contributed by atoms with Gasteiger partial charge in [0.1, 0.15) is 11.8 Å². The number of hydrogen-bond acceptors (Lipinski definition) is 5. The summed E-state index contributed by atoms with van der Waals surface area (Å²) in [7, 11) is 1.62. The van der Waals surface area contributed by atoms with Crippen molar-refractivity contribution in [2.45, 2.75) is 31.7 Å². The monoisotopic (exact) mass is 377 g/mol. The molecule has 0 unspecified atom stereocenters. The van der Waals surface area contributed by atoms with Crippen molar-refractivity contribution < 1.29 is 14.1 Å². The topological polar surface area (TPSA) is 77.3 Å². The molecule has 2 aromatic carbocycles. The fraction of sp³-hybridized carbons (Fsp3) is 0.318. The molecule has 6 heteroatoms. The SMILES string of the molecule is COc1cccc(-c2noc([C@H](Cc3ccccc3)NC(=O)C3CCC3)n2)c1. The van der Waals surface area contributed by atoms with Crippen LogP contribution in [0, 0.1) is 5.92 Å². The third-order valence-electron chi connectivity index (χ3n) is 5.14. The predicted octanol–water partition coefficient (Wildman–Crippen LogP) is 3.95. The summed E-state index contributed by atoms with van der Waals surface area (Å²) in [6.07, 6.45) is 3.60. The van der Waals surface area contributed by atoms with Gasteiger partial charge in [-0.15, -0.1) is 0 Å². The molecule has 1 N–H and O–H groups in total. The van der Waals surface area contributed by atoms with Crippen molar-refractivity contribution in [1.29, 1.82) is 0 Å². The number of nitrogens with zero attached hydrogens (tertiary/aromatic N) is 2. The van der Waals surface area contributed by atoms with E-state index in [0.717, 1.165) is 36.1 Å². The summed E-state index contributed by atoms with van der Waals surface area (Å²) in [5.41, 5.74) is 1.90. The van der Waals surface area contributed by atoms with Gasteiger partial charge in [-0.25, -0.2) is 0 Å². The quantitative estimate of drug-likeness (QED) is 0.675. The number of methoxy groups -OCH3 is 1. The van der Waals surface area contributed by atoms with Crippen LogP contribution in [0.15, 0.2) is 59.1 Å². The molecule has 0 aliphatic heterocycles. The number of aromatic nitrogens is 2. The zero-order valence-electron chi connectivity index (χ0n) is 15.8. The van der Waals surface area contributed by atoms with Gasteiger partial charge >= 0.3 is 0 Å². The van der Waals surface area contributed by atoms with E-state index in [9.17, 15) is 4.79 Å². The molecule has 1 heterocycles. The minimum absolute atomic E-state index is 0.0633. The Hall–Kier alpha value is -3.15. The van der Waals surface area contributed by atoms with Crippen molar-refractivity contribution in [3.63, 3.8) is 0 Å². The first-order valence-electron chi connectivity index (χ1n) is 9.55. The molecule has 1 atom stereocenters. The van der Waals surface area contributed by atoms with E-state index in [1.54, 1.807) is 7.11 Å². The lowest BCUT2D eigenvalue weighted by Crippen LogP contribution is -2.37. The maximum Gasteiger partial charge on any atom is 0.249 e. The highest BCUT2D eigenvalue weighted by molar-refractivity contribution is 5.79. The molecule has 1 saturated carbocycles. The summed E-state index contributed by atoms with van der Waals surface area (Å²) in [6.45, 7) is 0. The van der Waals surface area contributed by atoms with Crippen LogP contribution >= 0.6 is 0 Å². The van der Waals surface area contributed by atoms with E-state index in [1.165, 1.54) is 0 Å². The van der Waals surface area contributed by atoms with Crippen LogP contribution in [0.1, 0.15) is 36.8 Å². The molecule has 0 radical (unpaired) electrons. The number of amides is 1.